The molecule has 1 heterocycles. The zero-order valence-corrected chi connectivity index (χ0v) is 12.0. The van der Waals surface area contributed by atoms with E-state index < -0.39 is 0 Å². The molecule has 19 heavy (non-hydrogen) atoms. The van der Waals surface area contributed by atoms with Gasteiger partial charge < -0.3 is 15.4 Å². The summed E-state index contributed by atoms with van der Waals surface area (Å²) in [6.45, 7) is 3.75. The fourth-order valence-electron chi connectivity index (χ4n) is 2.43. The molecule has 2 rings (SSSR count). The van der Waals surface area contributed by atoms with E-state index in [1.54, 1.807) is 12.1 Å². The van der Waals surface area contributed by atoms with E-state index in [4.69, 9.17) is 22.1 Å². The molecule has 0 aliphatic carbocycles. The van der Waals surface area contributed by atoms with Crippen LogP contribution in [0.1, 0.15) is 30.1 Å². The lowest BCUT2D eigenvalue weighted by atomic mass is 10.1. The third-order valence-electron chi connectivity index (χ3n) is 3.70. The molecular formula is C14H19ClN2O2. The number of hydrogen-bond acceptors (Lipinski definition) is 3. The molecule has 1 unspecified atom stereocenters. The maximum absolute atomic E-state index is 12.5. The van der Waals surface area contributed by atoms with Gasteiger partial charge in [0.1, 0.15) is 5.75 Å². The molecule has 1 fully saturated rings. The molecule has 1 amide bonds. The number of nitrogens with two attached hydrogens (primary N) is 1. The predicted octanol–water partition coefficient (Wildman–Crippen LogP) is 2.80. The Bertz CT molecular complexity index is 491. The third-order valence-corrected chi connectivity index (χ3v) is 4.03. The number of anilines is 1. The minimum absolute atomic E-state index is 0.0327. The molecule has 104 valence electrons. The smallest absolute Gasteiger partial charge is 0.257 e. The van der Waals surface area contributed by atoms with Crippen LogP contribution in [-0.4, -0.2) is 31.0 Å². The van der Waals surface area contributed by atoms with Crippen molar-refractivity contribution >= 4 is 23.2 Å². The number of ether oxygens (including phenoxy) is 1. The highest BCUT2D eigenvalue weighted by Gasteiger charge is 2.27. The summed E-state index contributed by atoms with van der Waals surface area (Å²) in [4.78, 5) is 14.4. The van der Waals surface area contributed by atoms with Crippen molar-refractivity contribution in [1.29, 1.82) is 0 Å². The van der Waals surface area contributed by atoms with Crippen molar-refractivity contribution in [3.63, 3.8) is 0 Å². The van der Waals surface area contributed by atoms with Gasteiger partial charge in [-0.1, -0.05) is 24.9 Å². The Labute approximate surface area is 118 Å². The Balaban J connectivity index is 2.26. The van der Waals surface area contributed by atoms with Crippen LogP contribution in [0.3, 0.4) is 0 Å². The summed E-state index contributed by atoms with van der Waals surface area (Å²) < 4.78 is 5.23. The number of rotatable bonds is 3. The molecule has 1 aromatic carbocycles. The molecule has 0 bridgehead atoms. The first-order valence-corrected chi connectivity index (χ1v) is 6.86. The van der Waals surface area contributed by atoms with Crippen molar-refractivity contribution < 1.29 is 9.53 Å². The van der Waals surface area contributed by atoms with E-state index in [-0.39, 0.29) is 5.91 Å². The summed E-state index contributed by atoms with van der Waals surface area (Å²) in [5.74, 6) is 1.04. The lowest BCUT2D eigenvalue weighted by Gasteiger charge is -2.18. The van der Waals surface area contributed by atoms with Gasteiger partial charge in [0, 0.05) is 19.2 Å². The summed E-state index contributed by atoms with van der Waals surface area (Å²) in [7, 11) is 1.53. The fraction of sp³-hybridized carbons (Fsp3) is 0.500. The van der Waals surface area contributed by atoms with Crippen LogP contribution in [0.4, 0.5) is 5.69 Å². The van der Waals surface area contributed by atoms with Gasteiger partial charge in [0.05, 0.1) is 23.4 Å². The first-order chi connectivity index (χ1) is 9.06. The Morgan fingerprint density at radius 3 is 2.89 bits per heavy atom. The molecule has 1 saturated heterocycles. The van der Waals surface area contributed by atoms with E-state index in [0.717, 1.165) is 25.9 Å². The minimum Gasteiger partial charge on any atom is -0.496 e. The van der Waals surface area contributed by atoms with Crippen LogP contribution in [0.5, 0.6) is 5.75 Å². The van der Waals surface area contributed by atoms with Crippen LogP contribution in [0.2, 0.25) is 5.02 Å². The summed E-state index contributed by atoms with van der Waals surface area (Å²) in [5, 5.41) is 0.385. The van der Waals surface area contributed by atoms with Gasteiger partial charge in [-0.2, -0.15) is 0 Å². The van der Waals surface area contributed by atoms with E-state index in [1.807, 2.05) is 4.90 Å². The highest BCUT2D eigenvalue weighted by molar-refractivity contribution is 6.33. The summed E-state index contributed by atoms with van der Waals surface area (Å²) in [6, 6.07) is 3.19. The number of carbonyl (C=O) groups is 1. The van der Waals surface area contributed by atoms with Gasteiger partial charge >= 0.3 is 0 Å². The van der Waals surface area contributed by atoms with Gasteiger partial charge in [-0.15, -0.1) is 0 Å². The molecule has 0 aromatic heterocycles. The van der Waals surface area contributed by atoms with Crippen LogP contribution in [0.15, 0.2) is 12.1 Å². The summed E-state index contributed by atoms with van der Waals surface area (Å²) in [6.07, 6.45) is 2.16. The first-order valence-electron chi connectivity index (χ1n) is 6.49. The first kappa shape index (κ1) is 14.0. The molecule has 2 N–H and O–H groups in total. The van der Waals surface area contributed by atoms with E-state index >= 15 is 0 Å². The maximum Gasteiger partial charge on any atom is 0.257 e. The lowest BCUT2D eigenvalue weighted by molar-refractivity contribution is 0.0783. The van der Waals surface area contributed by atoms with Crippen molar-refractivity contribution in [3.05, 3.63) is 22.7 Å². The number of nitrogens with zero attached hydrogens (tertiary/aromatic N) is 1. The molecule has 4 nitrogen and oxygen atoms in total. The van der Waals surface area contributed by atoms with E-state index in [0.29, 0.717) is 27.9 Å². The monoisotopic (exact) mass is 282 g/mol. The highest BCUT2D eigenvalue weighted by Crippen LogP contribution is 2.31. The van der Waals surface area contributed by atoms with Crippen LogP contribution >= 0.6 is 11.6 Å². The summed E-state index contributed by atoms with van der Waals surface area (Å²) in [5.41, 5.74) is 6.63. The molecule has 0 radical (unpaired) electrons. The second kappa shape index (κ2) is 5.70. The quantitative estimate of drug-likeness (QED) is 0.868. The van der Waals surface area contributed by atoms with Gasteiger partial charge in [-0.05, 0) is 18.4 Å². The SMILES string of the molecule is CCC1CCN(C(=O)c2cc(Cl)c(N)cc2OC)C1. The van der Waals surface area contributed by atoms with Gasteiger partial charge in [0.25, 0.3) is 5.91 Å². The normalized spacial score (nSPS) is 18.7. The number of halogens is 1. The zero-order valence-electron chi connectivity index (χ0n) is 11.3. The molecule has 1 aromatic rings. The maximum atomic E-state index is 12.5. The predicted molar refractivity (Wildman–Crippen MR) is 76.7 cm³/mol. The van der Waals surface area contributed by atoms with Gasteiger partial charge in [0.2, 0.25) is 0 Å². The standard InChI is InChI=1S/C14H19ClN2O2/c1-3-9-4-5-17(8-9)14(18)10-6-11(15)12(16)7-13(10)19-2/h6-7,9H,3-5,8,16H2,1-2H3. The Kier molecular flexibility index (Phi) is 4.20. The number of hydrogen-bond donors (Lipinski definition) is 1. The minimum atomic E-state index is -0.0327. The van der Waals surface area contributed by atoms with Gasteiger partial charge in [-0.25, -0.2) is 0 Å². The Morgan fingerprint density at radius 2 is 2.32 bits per heavy atom. The van der Waals surface area contributed by atoms with Crippen LogP contribution < -0.4 is 10.5 Å². The average molecular weight is 283 g/mol. The lowest BCUT2D eigenvalue weighted by Crippen LogP contribution is -2.29. The van der Waals surface area contributed by atoms with Crippen molar-refractivity contribution in [2.24, 2.45) is 5.92 Å². The molecule has 5 heteroatoms. The third kappa shape index (κ3) is 2.78. The number of benzene rings is 1. The number of methoxy groups -OCH3 is 1. The van der Waals surface area contributed by atoms with Crippen molar-refractivity contribution in [1.82, 2.24) is 4.90 Å². The van der Waals surface area contributed by atoms with Crippen molar-refractivity contribution in [2.75, 3.05) is 25.9 Å². The van der Waals surface area contributed by atoms with Crippen molar-refractivity contribution in [2.45, 2.75) is 19.8 Å². The number of amides is 1. The van der Waals surface area contributed by atoms with Crippen LogP contribution in [-0.2, 0) is 0 Å². The van der Waals surface area contributed by atoms with E-state index in [9.17, 15) is 4.79 Å². The second-order valence-electron chi connectivity index (χ2n) is 4.89. The molecule has 1 aliphatic rings. The molecule has 1 atom stereocenters. The fourth-order valence-corrected chi connectivity index (χ4v) is 2.59. The highest BCUT2D eigenvalue weighted by atomic mass is 35.5. The molecule has 0 spiro atoms. The van der Waals surface area contributed by atoms with Crippen LogP contribution in [0.25, 0.3) is 0 Å². The molecule has 0 saturated carbocycles. The average Bonchev–Trinajstić information content (AvgIpc) is 2.89. The van der Waals surface area contributed by atoms with Crippen molar-refractivity contribution in [3.8, 4) is 5.75 Å². The Morgan fingerprint density at radius 1 is 1.58 bits per heavy atom. The largest absolute Gasteiger partial charge is 0.496 e. The number of carbonyl (C=O) groups excluding carboxylic acids is 1. The van der Waals surface area contributed by atoms with Gasteiger partial charge in [0.15, 0.2) is 0 Å². The Hall–Kier alpha value is -1.42. The molecule has 1 aliphatic heterocycles. The number of nitrogen functional groups attached to an aromatic ring is 1. The van der Waals surface area contributed by atoms with E-state index in [1.165, 1.54) is 7.11 Å². The number of likely N-dealkylation sites (tertiary alicyclic amines) is 1. The molecular weight excluding hydrogens is 264 g/mol. The van der Waals surface area contributed by atoms with E-state index in [2.05, 4.69) is 6.92 Å². The van der Waals surface area contributed by atoms with Gasteiger partial charge in [-0.3, -0.25) is 4.79 Å². The van der Waals surface area contributed by atoms with Crippen LogP contribution in [0, 0.1) is 5.92 Å². The zero-order chi connectivity index (χ0) is 14.0. The second-order valence-corrected chi connectivity index (χ2v) is 5.30. The summed E-state index contributed by atoms with van der Waals surface area (Å²) >= 11 is 6.00. The topological polar surface area (TPSA) is 55.6 Å².